The van der Waals surface area contributed by atoms with Crippen molar-refractivity contribution in [2.24, 2.45) is 5.92 Å². The largest absolute Gasteiger partial charge is 0.508 e. The van der Waals surface area contributed by atoms with E-state index in [-0.39, 0.29) is 40.0 Å². The number of ketones is 1. The molecule has 0 aliphatic heterocycles. The number of methoxy groups -OCH3 is 1. The topological polar surface area (TPSA) is 87.0 Å². The number of carbonyl (C=O) groups excluding carboxylic acids is 1. The molecule has 0 aliphatic carbocycles. The lowest BCUT2D eigenvalue weighted by atomic mass is 9.88. The van der Waals surface area contributed by atoms with E-state index in [1.165, 1.54) is 37.0 Å². The van der Waals surface area contributed by atoms with Crippen LogP contribution in [0.1, 0.15) is 48.7 Å². The third-order valence-corrected chi connectivity index (χ3v) is 5.09. The van der Waals surface area contributed by atoms with Gasteiger partial charge in [-0.2, -0.15) is 0 Å². The fraction of sp³-hybridized carbons (Fsp3) is 0.269. The highest BCUT2D eigenvalue weighted by Gasteiger charge is 2.24. The Bertz CT molecular complexity index is 1010. The Hall–Kier alpha value is -3.47. The molecular formula is C26H30O5. The van der Waals surface area contributed by atoms with Crippen LogP contribution in [0.25, 0.3) is 6.08 Å². The second-order valence-corrected chi connectivity index (χ2v) is 7.85. The first-order valence-electron chi connectivity index (χ1n) is 10.1. The predicted octanol–water partition coefficient (Wildman–Crippen LogP) is 5.80. The van der Waals surface area contributed by atoms with E-state index in [1.807, 2.05) is 20.8 Å². The number of aromatic hydroxyl groups is 3. The maximum Gasteiger partial charge on any atom is 0.193 e. The van der Waals surface area contributed by atoms with Gasteiger partial charge in [0.1, 0.15) is 28.6 Å². The van der Waals surface area contributed by atoms with Crippen LogP contribution in [0.5, 0.6) is 23.0 Å². The summed E-state index contributed by atoms with van der Waals surface area (Å²) in [4.78, 5) is 12.9. The van der Waals surface area contributed by atoms with Gasteiger partial charge in [0.2, 0.25) is 0 Å². The van der Waals surface area contributed by atoms with Crippen LogP contribution in [0.2, 0.25) is 0 Å². The molecule has 0 fully saturated rings. The van der Waals surface area contributed by atoms with Gasteiger partial charge in [0.15, 0.2) is 5.78 Å². The summed E-state index contributed by atoms with van der Waals surface area (Å²) in [6, 6.07) is 7.72. The van der Waals surface area contributed by atoms with Crippen molar-refractivity contribution in [3.63, 3.8) is 0 Å². The summed E-state index contributed by atoms with van der Waals surface area (Å²) in [5.74, 6) is -0.658. The van der Waals surface area contributed by atoms with Gasteiger partial charge in [-0.25, -0.2) is 0 Å². The Kier molecular flexibility index (Phi) is 8.08. The highest BCUT2D eigenvalue weighted by Crippen LogP contribution is 2.41. The van der Waals surface area contributed by atoms with Crippen LogP contribution in [0.3, 0.4) is 0 Å². The monoisotopic (exact) mass is 422 g/mol. The van der Waals surface area contributed by atoms with Crippen molar-refractivity contribution < 1.29 is 24.9 Å². The maximum absolute atomic E-state index is 12.9. The molecule has 2 aromatic carbocycles. The molecule has 0 heterocycles. The molecule has 0 bridgehead atoms. The third kappa shape index (κ3) is 6.25. The average Bonchev–Trinajstić information content (AvgIpc) is 2.71. The molecular weight excluding hydrogens is 392 g/mol. The second-order valence-electron chi connectivity index (χ2n) is 7.85. The summed E-state index contributed by atoms with van der Waals surface area (Å²) < 4.78 is 5.25. The van der Waals surface area contributed by atoms with Crippen LogP contribution in [0, 0.1) is 5.92 Å². The summed E-state index contributed by atoms with van der Waals surface area (Å²) in [6.45, 7) is 9.96. The molecule has 0 aliphatic rings. The van der Waals surface area contributed by atoms with E-state index in [4.69, 9.17) is 4.74 Å². The first-order valence-corrected chi connectivity index (χ1v) is 10.1. The van der Waals surface area contributed by atoms with Gasteiger partial charge >= 0.3 is 0 Å². The molecule has 2 rings (SSSR count). The molecule has 1 unspecified atom stereocenters. The van der Waals surface area contributed by atoms with Gasteiger partial charge in [-0.3, -0.25) is 4.79 Å². The first kappa shape index (κ1) is 23.8. The van der Waals surface area contributed by atoms with Gasteiger partial charge in [-0.05, 0) is 63.3 Å². The molecule has 164 valence electrons. The fourth-order valence-corrected chi connectivity index (χ4v) is 3.20. The van der Waals surface area contributed by atoms with Crippen LogP contribution >= 0.6 is 0 Å². The Balaban J connectivity index is 2.43. The van der Waals surface area contributed by atoms with Gasteiger partial charge in [0, 0.05) is 11.6 Å². The van der Waals surface area contributed by atoms with Gasteiger partial charge in [-0.1, -0.05) is 42.0 Å². The Morgan fingerprint density at radius 3 is 2.32 bits per heavy atom. The van der Waals surface area contributed by atoms with Crippen molar-refractivity contribution >= 4 is 11.9 Å². The molecule has 0 amide bonds. The fourth-order valence-electron chi connectivity index (χ4n) is 3.20. The van der Waals surface area contributed by atoms with Crippen LogP contribution in [-0.4, -0.2) is 28.2 Å². The number of carbonyl (C=O) groups is 1. The third-order valence-electron chi connectivity index (χ3n) is 5.09. The average molecular weight is 423 g/mol. The number of rotatable bonds is 9. The van der Waals surface area contributed by atoms with Gasteiger partial charge in [0.05, 0.1) is 7.11 Å². The molecule has 0 aromatic heterocycles. The minimum atomic E-state index is -0.458. The van der Waals surface area contributed by atoms with E-state index in [0.29, 0.717) is 18.4 Å². The van der Waals surface area contributed by atoms with E-state index < -0.39 is 5.78 Å². The van der Waals surface area contributed by atoms with Crippen molar-refractivity contribution in [2.75, 3.05) is 7.11 Å². The van der Waals surface area contributed by atoms with Gasteiger partial charge in [-0.15, -0.1) is 0 Å². The molecule has 2 aromatic rings. The summed E-state index contributed by atoms with van der Waals surface area (Å²) in [5, 5.41) is 30.8. The van der Waals surface area contributed by atoms with Crippen molar-refractivity contribution in [1.29, 1.82) is 0 Å². The highest BCUT2D eigenvalue weighted by atomic mass is 16.5. The number of benzene rings is 2. The number of phenolic OH excluding ortho intramolecular Hbond substituents is 3. The second kappa shape index (κ2) is 10.5. The zero-order valence-electron chi connectivity index (χ0n) is 18.5. The van der Waals surface area contributed by atoms with E-state index in [0.717, 1.165) is 5.57 Å². The molecule has 31 heavy (non-hydrogen) atoms. The molecule has 0 saturated carbocycles. The highest BCUT2D eigenvalue weighted by molar-refractivity contribution is 6.11. The van der Waals surface area contributed by atoms with E-state index in [9.17, 15) is 20.1 Å². The standard InChI is InChI=1S/C26H30O5/c1-16(2)6-10-19(17(3)4)14-21-23(29)15-24(31-5)25(26(21)30)22(28)13-9-18-7-11-20(27)12-8-18/h6-9,11-13,15,19,27,29-30H,3,10,14H2,1-2,4-5H3/b13-9+. The number of hydrogen-bond donors (Lipinski definition) is 3. The molecule has 3 N–H and O–H groups in total. The normalized spacial score (nSPS) is 11.9. The number of hydrogen-bond acceptors (Lipinski definition) is 5. The summed E-state index contributed by atoms with van der Waals surface area (Å²) in [5.41, 5.74) is 3.09. The Labute approximate surface area is 183 Å². The van der Waals surface area contributed by atoms with Crippen LogP contribution in [0.4, 0.5) is 0 Å². The lowest BCUT2D eigenvalue weighted by molar-refractivity contribution is 0.104. The van der Waals surface area contributed by atoms with Crippen molar-refractivity contribution in [3.8, 4) is 23.0 Å². The number of phenols is 3. The zero-order valence-corrected chi connectivity index (χ0v) is 18.5. The molecule has 0 saturated heterocycles. The minimum absolute atomic E-state index is 0.00409. The maximum atomic E-state index is 12.9. The van der Waals surface area contributed by atoms with Crippen molar-refractivity contribution in [1.82, 2.24) is 0 Å². The molecule has 5 heteroatoms. The zero-order chi connectivity index (χ0) is 23.1. The lowest BCUT2D eigenvalue weighted by Crippen LogP contribution is -2.08. The van der Waals surface area contributed by atoms with Gasteiger partial charge in [0.25, 0.3) is 0 Å². The summed E-state index contributed by atoms with van der Waals surface area (Å²) in [7, 11) is 1.37. The number of allylic oxidation sites excluding steroid dienone is 4. The Morgan fingerprint density at radius 1 is 1.13 bits per heavy atom. The number of ether oxygens (including phenoxy) is 1. The summed E-state index contributed by atoms with van der Waals surface area (Å²) in [6.07, 6.45) is 6.04. The SMILES string of the molecule is C=C(C)C(CC=C(C)C)Cc1c(O)cc(OC)c(C(=O)/C=C/c2ccc(O)cc2)c1O. The van der Waals surface area contributed by atoms with E-state index >= 15 is 0 Å². The van der Waals surface area contributed by atoms with Crippen molar-refractivity contribution in [2.45, 2.75) is 33.6 Å². The van der Waals surface area contributed by atoms with Gasteiger partial charge < -0.3 is 20.1 Å². The van der Waals surface area contributed by atoms with Crippen LogP contribution in [0.15, 0.2) is 60.2 Å². The molecule has 1 atom stereocenters. The predicted molar refractivity (Wildman–Crippen MR) is 124 cm³/mol. The lowest BCUT2D eigenvalue weighted by Gasteiger charge is -2.19. The van der Waals surface area contributed by atoms with Crippen molar-refractivity contribution in [3.05, 3.63) is 76.9 Å². The van der Waals surface area contributed by atoms with E-state index in [2.05, 4.69) is 12.7 Å². The smallest absolute Gasteiger partial charge is 0.193 e. The molecule has 5 nitrogen and oxygen atoms in total. The van der Waals surface area contributed by atoms with Crippen LogP contribution in [-0.2, 0) is 6.42 Å². The Morgan fingerprint density at radius 2 is 1.77 bits per heavy atom. The minimum Gasteiger partial charge on any atom is -0.508 e. The molecule has 0 spiro atoms. The summed E-state index contributed by atoms with van der Waals surface area (Å²) >= 11 is 0. The first-order chi connectivity index (χ1) is 14.6. The van der Waals surface area contributed by atoms with Crippen LogP contribution < -0.4 is 4.74 Å². The molecule has 0 radical (unpaired) electrons. The van der Waals surface area contributed by atoms with E-state index in [1.54, 1.807) is 18.2 Å². The quantitative estimate of drug-likeness (QED) is 0.270.